The molecule has 1 aliphatic rings. The quantitative estimate of drug-likeness (QED) is 0.490. The van der Waals surface area contributed by atoms with Crippen molar-refractivity contribution in [1.29, 1.82) is 0 Å². The molecule has 6 nitrogen and oxygen atoms in total. The Kier molecular flexibility index (Phi) is 3.22. The fraction of sp³-hybridized carbons (Fsp3) is 0.769. The number of imide groups is 3. The van der Waals surface area contributed by atoms with Gasteiger partial charge in [0, 0.05) is 42.8 Å². The minimum atomic E-state index is -1.45. The molecule has 0 aromatic heterocycles. The molecule has 0 atom stereocenters. The molecular weight excluding hydrogens is 248 g/mol. The SMILES string of the molecule is CC(C)(C)C(=O)N1C(=O)C(C)(C)[N+](=O)C(C)(C)C1=O. The van der Waals surface area contributed by atoms with Crippen molar-refractivity contribution in [2.45, 2.75) is 59.5 Å². The third-order valence-corrected chi connectivity index (χ3v) is 3.31. The van der Waals surface area contributed by atoms with E-state index in [2.05, 4.69) is 0 Å². The summed E-state index contributed by atoms with van der Waals surface area (Å²) >= 11 is 0. The summed E-state index contributed by atoms with van der Waals surface area (Å²) in [5, 5.41) is 0. The molecular formula is C13H21N2O4+. The molecule has 19 heavy (non-hydrogen) atoms. The van der Waals surface area contributed by atoms with E-state index in [1.165, 1.54) is 27.7 Å². The Morgan fingerprint density at radius 2 is 1.32 bits per heavy atom. The van der Waals surface area contributed by atoms with Crippen LogP contribution in [0.25, 0.3) is 0 Å². The zero-order chi connectivity index (χ0) is 15.4. The first-order chi connectivity index (χ1) is 8.25. The van der Waals surface area contributed by atoms with Crippen LogP contribution in [-0.2, 0) is 14.4 Å². The van der Waals surface area contributed by atoms with Crippen molar-refractivity contribution < 1.29 is 19.1 Å². The lowest BCUT2D eigenvalue weighted by atomic mass is 9.86. The second kappa shape index (κ2) is 3.95. The van der Waals surface area contributed by atoms with Gasteiger partial charge in [-0.1, -0.05) is 20.8 Å². The number of hydrogen-bond donors (Lipinski definition) is 0. The summed E-state index contributed by atoms with van der Waals surface area (Å²) in [6.07, 6.45) is 0. The van der Waals surface area contributed by atoms with E-state index in [9.17, 15) is 19.3 Å². The molecule has 0 radical (unpaired) electrons. The van der Waals surface area contributed by atoms with Gasteiger partial charge in [-0.25, -0.2) is 4.90 Å². The van der Waals surface area contributed by atoms with Gasteiger partial charge in [0.1, 0.15) is 0 Å². The van der Waals surface area contributed by atoms with Crippen molar-refractivity contribution >= 4 is 17.7 Å². The van der Waals surface area contributed by atoms with Crippen molar-refractivity contribution in [2.75, 3.05) is 0 Å². The van der Waals surface area contributed by atoms with Crippen LogP contribution in [0.15, 0.2) is 0 Å². The van der Waals surface area contributed by atoms with E-state index in [4.69, 9.17) is 0 Å². The first-order valence-electron chi connectivity index (χ1n) is 6.16. The van der Waals surface area contributed by atoms with E-state index in [-0.39, 0.29) is 0 Å². The van der Waals surface area contributed by atoms with Crippen molar-refractivity contribution in [1.82, 2.24) is 4.90 Å². The lowest BCUT2D eigenvalue weighted by Crippen LogP contribution is -2.71. The van der Waals surface area contributed by atoms with Crippen LogP contribution >= 0.6 is 0 Å². The highest BCUT2D eigenvalue weighted by Crippen LogP contribution is 2.32. The molecule has 0 saturated carbocycles. The standard InChI is InChI=1S/C13H21N2O4/c1-11(2,3)8(16)14-9(17)12(4,5)15(19)13(6,7)10(14)18/h1-7H3/q+1. The molecule has 0 aromatic rings. The van der Waals surface area contributed by atoms with Crippen LogP contribution in [0.1, 0.15) is 48.5 Å². The molecule has 106 valence electrons. The van der Waals surface area contributed by atoms with Gasteiger partial charge in [0.25, 0.3) is 11.1 Å². The molecule has 1 rings (SSSR count). The highest BCUT2D eigenvalue weighted by atomic mass is 16.3. The van der Waals surface area contributed by atoms with Crippen molar-refractivity contribution in [2.24, 2.45) is 5.41 Å². The first kappa shape index (κ1) is 15.5. The number of piperazine rings is 1. The van der Waals surface area contributed by atoms with Gasteiger partial charge in [0.15, 0.2) is 0 Å². The van der Waals surface area contributed by atoms with Gasteiger partial charge >= 0.3 is 11.8 Å². The van der Waals surface area contributed by atoms with Crippen LogP contribution < -0.4 is 0 Å². The Balaban J connectivity index is 3.42. The molecule has 1 fully saturated rings. The molecule has 0 N–H and O–H groups in total. The Bertz CT molecular complexity index is 453. The second-order valence-corrected chi connectivity index (χ2v) is 6.91. The molecule has 1 heterocycles. The van der Waals surface area contributed by atoms with Crippen LogP contribution in [0.2, 0.25) is 0 Å². The average Bonchev–Trinajstić information content (AvgIpc) is 2.24. The van der Waals surface area contributed by atoms with Gasteiger partial charge in [0.05, 0.1) is 0 Å². The van der Waals surface area contributed by atoms with E-state index >= 15 is 0 Å². The maximum Gasteiger partial charge on any atom is 0.311 e. The zero-order valence-electron chi connectivity index (χ0n) is 12.5. The van der Waals surface area contributed by atoms with E-state index in [0.717, 1.165) is 0 Å². The van der Waals surface area contributed by atoms with E-state index in [1.807, 2.05) is 0 Å². The Labute approximate surface area is 112 Å². The summed E-state index contributed by atoms with van der Waals surface area (Å²) in [6.45, 7) is 10.5. The van der Waals surface area contributed by atoms with E-state index in [1.54, 1.807) is 20.8 Å². The Morgan fingerprint density at radius 1 is 1.00 bits per heavy atom. The molecule has 0 unspecified atom stereocenters. The number of nitroso groups, excluding NO2 is 1. The van der Waals surface area contributed by atoms with Crippen LogP contribution in [0.4, 0.5) is 0 Å². The minimum Gasteiger partial charge on any atom is -0.273 e. The van der Waals surface area contributed by atoms with Crippen molar-refractivity contribution in [3.8, 4) is 0 Å². The molecule has 6 heteroatoms. The molecule has 1 aliphatic heterocycles. The molecule has 3 amide bonds. The highest BCUT2D eigenvalue weighted by Gasteiger charge is 2.66. The van der Waals surface area contributed by atoms with E-state index < -0.39 is 34.2 Å². The van der Waals surface area contributed by atoms with Crippen LogP contribution in [0.5, 0.6) is 0 Å². The molecule has 0 bridgehead atoms. The third-order valence-electron chi connectivity index (χ3n) is 3.31. The summed E-state index contributed by atoms with van der Waals surface area (Å²) < 4.78 is 0.469. The van der Waals surface area contributed by atoms with Gasteiger partial charge in [-0.2, -0.15) is 0 Å². The zero-order valence-corrected chi connectivity index (χ0v) is 12.5. The number of hydrogen-bond acceptors (Lipinski definition) is 4. The normalized spacial score (nSPS) is 22.7. The fourth-order valence-electron chi connectivity index (χ4n) is 2.03. The number of carbonyl (C=O) groups excluding carboxylic acids is 3. The van der Waals surface area contributed by atoms with Gasteiger partial charge in [-0.05, 0) is 0 Å². The molecule has 0 aliphatic carbocycles. The Morgan fingerprint density at radius 3 is 1.58 bits per heavy atom. The summed E-state index contributed by atoms with van der Waals surface area (Å²) in [4.78, 5) is 49.6. The van der Waals surface area contributed by atoms with Crippen molar-refractivity contribution in [3.63, 3.8) is 0 Å². The lowest BCUT2D eigenvalue weighted by Gasteiger charge is -2.37. The van der Waals surface area contributed by atoms with Gasteiger partial charge in [0.2, 0.25) is 5.91 Å². The van der Waals surface area contributed by atoms with E-state index in [0.29, 0.717) is 9.66 Å². The highest BCUT2D eigenvalue weighted by molar-refractivity contribution is 6.17. The molecule has 0 spiro atoms. The van der Waals surface area contributed by atoms with Gasteiger partial charge in [-0.3, -0.25) is 14.4 Å². The first-order valence-corrected chi connectivity index (χ1v) is 6.16. The number of amides is 3. The number of nitrogens with zero attached hydrogens (tertiary/aromatic N) is 2. The predicted molar refractivity (Wildman–Crippen MR) is 68.1 cm³/mol. The lowest BCUT2D eigenvalue weighted by molar-refractivity contribution is -0.659. The fourth-order valence-corrected chi connectivity index (χ4v) is 2.03. The second-order valence-electron chi connectivity index (χ2n) is 6.91. The monoisotopic (exact) mass is 269 g/mol. The van der Waals surface area contributed by atoms with Crippen molar-refractivity contribution in [3.05, 3.63) is 4.91 Å². The number of carbonyl (C=O) groups is 3. The maximum atomic E-state index is 12.3. The average molecular weight is 269 g/mol. The van der Waals surface area contributed by atoms with Gasteiger partial charge in [-0.15, -0.1) is 0 Å². The maximum absolute atomic E-state index is 12.3. The van der Waals surface area contributed by atoms with Gasteiger partial charge < -0.3 is 0 Å². The largest absolute Gasteiger partial charge is 0.311 e. The Hall–Kier alpha value is -1.59. The molecule has 1 saturated heterocycles. The summed E-state index contributed by atoms with van der Waals surface area (Å²) in [7, 11) is 0. The predicted octanol–water partition coefficient (Wildman–Crippen LogP) is 1.26. The van der Waals surface area contributed by atoms with Crippen LogP contribution in [0.3, 0.4) is 0 Å². The smallest absolute Gasteiger partial charge is 0.273 e. The van der Waals surface area contributed by atoms with Crippen LogP contribution in [0, 0.1) is 10.3 Å². The van der Waals surface area contributed by atoms with Crippen LogP contribution in [-0.4, -0.2) is 38.5 Å². The minimum absolute atomic E-state index is 0.469. The summed E-state index contributed by atoms with van der Waals surface area (Å²) in [5.74, 6) is -2.13. The third kappa shape index (κ3) is 2.09. The summed E-state index contributed by atoms with van der Waals surface area (Å²) in [5.41, 5.74) is -3.76. The summed E-state index contributed by atoms with van der Waals surface area (Å²) in [6, 6.07) is 0. The topological polar surface area (TPSA) is 74.5 Å². The number of rotatable bonds is 0. The molecule has 0 aromatic carbocycles.